The minimum atomic E-state index is -0.0467. The van der Waals surface area contributed by atoms with Crippen LogP contribution in [0.4, 0.5) is 11.4 Å². The molecule has 2 aliphatic heterocycles. The van der Waals surface area contributed by atoms with Crippen molar-refractivity contribution in [1.82, 2.24) is 9.88 Å². The molecule has 226 valence electrons. The van der Waals surface area contributed by atoms with E-state index in [1.165, 1.54) is 39.5 Å². The number of aromatic amines is 1. The van der Waals surface area contributed by atoms with E-state index in [1.807, 2.05) is 47.5 Å². The van der Waals surface area contributed by atoms with E-state index in [0.717, 1.165) is 47.5 Å². The van der Waals surface area contributed by atoms with Gasteiger partial charge in [-0.25, -0.2) is 4.99 Å². The number of H-pyrrole nitrogens is 1. The zero-order chi connectivity index (χ0) is 31.0. The predicted molar refractivity (Wildman–Crippen MR) is 186 cm³/mol. The van der Waals surface area contributed by atoms with Gasteiger partial charge in [-0.1, -0.05) is 31.2 Å². The van der Waals surface area contributed by atoms with Crippen LogP contribution in [0.25, 0.3) is 22.6 Å². The number of amides is 1. The second-order valence-corrected chi connectivity index (χ2v) is 13.1. The SMILES string of the molecule is CCCN1c2cc(C)c(/C=C3/SC(=Nc4ccc(OC)cc4)N(CCc4c[nH]c5ccccc45)C3=O)cc2C(C)=CC1(C)C. The molecule has 0 saturated carbocycles. The summed E-state index contributed by atoms with van der Waals surface area (Å²) in [5.41, 5.74) is 9.01. The standard InChI is InChI=1S/C37H40N4O2S/c1-7-17-41-33-19-24(2)27(20-31(33)25(3)22-37(41,4)5)21-34-35(42)40(18-16-26-23-38-32-11-9-8-10-30(26)32)36(44-34)39-28-12-14-29(43-6)15-13-28/h8-15,19-23,38H,7,16-18H2,1-6H3/b34-21+,39-36?. The van der Waals surface area contributed by atoms with Gasteiger partial charge >= 0.3 is 0 Å². The fourth-order valence-electron chi connectivity index (χ4n) is 6.30. The fourth-order valence-corrected chi connectivity index (χ4v) is 7.32. The quantitative estimate of drug-likeness (QED) is 0.204. The molecular weight excluding hydrogens is 565 g/mol. The molecule has 0 bridgehead atoms. The number of rotatable bonds is 8. The van der Waals surface area contributed by atoms with Crippen molar-refractivity contribution in [3.05, 3.63) is 100 Å². The number of fused-ring (bicyclic) bond motifs is 2. The molecular formula is C37H40N4O2S. The van der Waals surface area contributed by atoms with Crippen molar-refractivity contribution in [3.8, 4) is 5.75 Å². The molecule has 1 amide bonds. The molecule has 1 fully saturated rings. The van der Waals surface area contributed by atoms with Gasteiger partial charge in [-0.3, -0.25) is 9.69 Å². The van der Waals surface area contributed by atoms with E-state index in [9.17, 15) is 4.79 Å². The Bertz CT molecular complexity index is 1810. The molecule has 1 aromatic heterocycles. The Morgan fingerprint density at radius 2 is 1.82 bits per heavy atom. The minimum Gasteiger partial charge on any atom is -0.497 e. The van der Waals surface area contributed by atoms with Gasteiger partial charge in [0.25, 0.3) is 5.91 Å². The number of aromatic nitrogens is 1. The summed E-state index contributed by atoms with van der Waals surface area (Å²) in [4.78, 5) is 27.3. The first kappa shape index (κ1) is 29.8. The lowest BCUT2D eigenvalue weighted by Crippen LogP contribution is -2.45. The number of thioether (sulfide) groups is 1. The van der Waals surface area contributed by atoms with Crippen LogP contribution in [0.5, 0.6) is 5.75 Å². The maximum absolute atomic E-state index is 14.0. The minimum absolute atomic E-state index is 0.0137. The maximum Gasteiger partial charge on any atom is 0.266 e. The van der Waals surface area contributed by atoms with E-state index in [4.69, 9.17) is 9.73 Å². The average Bonchev–Trinajstić information content (AvgIpc) is 3.55. The van der Waals surface area contributed by atoms with E-state index in [0.29, 0.717) is 16.6 Å². The van der Waals surface area contributed by atoms with Gasteiger partial charge in [0.05, 0.1) is 23.2 Å². The molecule has 1 saturated heterocycles. The first-order chi connectivity index (χ1) is 21.2. The molecule has 0 unspecified atom stereocenters. The smallest absolute Gasteiger partial charge is 0.266 e. The van der Waals surface area contributed by atoms with Crippen molar-refractivity contribution in [3.63, 3.8) is 0 Å². The topological polar surface area (TPSA) is 60.9 Å². The molecule has 3 heterocycles. The summed E-state index contributed by atoms with van der Waals surface area (Å²) in [6, 6.07) is 20.4. The van der Waals surface area contributed by atoms with Gasteiger partial charge < -0.3 is 14.6 Å². The Hall–Kier alpha value is -4.23. The Kier molecular flexibility index (Phi) is 8.16. The normalized spacial score (nSPS) is 18.0. The van der Waals surface area contributed by atoms with E-state index < -0.39 is 0 Å². The largest absolute Gasteiger partial charge is 0.497 e. The Morgan fingerprint density at radius 1 is 1.05 bits per heavy atom. The highest BCUT2D eigenvalue weighted by atomic mass is 32.2. The monoisotopic (exact) mass is 604 g/mol. The van der Waals surface area contributed by atoms with Gasteiger partial charge in [-0.2, -0.15) is 0 Å². The number of anilines is 1. The molecule has 4 aromatic rings. The van der Waals surface area contributed by atoms with Crippen LogP contribution in [0.1, 0.15) is 56.4 Å². The summed E-state index contributed by atoms with van der Waals surface area (Å²) in [6.45, 7) is 12.7. The number of nitrogens with zero attached hydrogens (tertiary/aromatic N) is 3. The molecule has 0 radical (unpaired) electrons. The number of para-hydroxylation sites is 1. The molecule has 2 aliphatic rings. The molecule has 6 nitrogen and oxygen atoms in total. The van der Waals surface area contributed by atoms with Gasteiger partial charge in [-0.15, -0.1) is 0 Å². The van der Waals surface area contributed by atoms with Crippen LogP contribution in [-0.2, 0) is 11.2 Å². The van der Waals surface area contributed by atoms with Crippen molar-refractivity contribution in [2.75, 3.05) is 25.1 Å². The number of aryl methyl sites for hydroxylation is 1. The number of hydrogen-bond donors (Lipinski definition) is 1. The first-order valence-electron chi connectivity index (χ1n) is 15.3. The maximum atomic E-state index is 14.0. The third-order valence-corrected chi connectivity index (χ3v) is 9.57. The van der Waals surface area contributed by atoms with E-state index >= 15 is 0 Å². The van der Waals surface area contributed by atoms with Crippen LogP contribution in [-0.4, -0.2) is 46.7 Å². The van der Waals surface area contributed by atoms with Crippen molar-refractivity contribution >= 4 is 56.8 Å². The van der Waals surface area contributed by atoms with Crippen molar-refractivity contribution in [2.45, 2.75) is 53.0 Å². The molecule has 0 atom stereocenters. The summed E-state index contributed by atoms with van der Waals surface area (Å²) < 4.78 is 5.33. The highest BCUT2D eigenvalue weighted by Gasteiger charge is 2.34. The number of nitrogens with one attached hydrogen (secondary N) is 1. The summed E-state index contributed by atoms with van der Waals surface area (Å²) in [6.07, 6.45) is 8.26. The summed E-state index contributed by atoms with van der Waals surface area (Å²) in [5.74, 6) is 0.759. The lowest BCUT2D eigenvalue weighted by molar-refractivity contribution is -0.122. The second-order valence-electron chi connectivity index (χ2n) is 12.1. The number of amidine groups is 1. The average molecular weight is 605 g/mol. The zero-order valence-corrected chi connectivity index (χ0v) is 27.2. The Labute approximate surface area is 264 Å². The molecule has 1 N–H and O–H groups in total. The summed E-state index contributed by atoms with van der Waals surface area (Å²) in [5, 5.41) is 1.87. The van der Waals surface area contributed by atoms with Crippen LogP contribution in [0.3, 0.4) is 0 Å². The number of allylic oxidation sites excluding steroid dienone is 1. The Balaban J connectivity index is 1.35. The molecule has 6 rings (SSSR count). The molecule has 44 heavy (non-hydrogen) atoms. The molecule has 0 spiro atoms. The number of carbonyl (C=O) groups is 1. The van der Waals surface area contributed by atoms with E-state index in [-0.39, 0.29) is 11.4 Å². The van der Waals surface area contributed by atoms with Crippen LogP contribution in [0, 0.1) is 6.92 Å². The number of benzene rings is 3. The number of aliphatic imine (C=N–C) groups is 1. The van der Waals surface area contributed by atoms with Crippen LogP contribution in [0.15, 0.2) is 82.8 Å². The fraction of sp³-hybridized carbons (Fsp3) is 0.297. The number of ether oxygens (including phenoxy) is 1. The van der Waals surface area contributed by atoms with Crippen LogP contribution in [0.2, 0.25) is 0 Å². The van der Waals surface area contributed by atoms with Crippen molar-refractivity contribution < 1.29 is 9.53 Å². The van der Waals surface area contributed by atoms with Gasteiger partial charge in [-0.05, 0) is 123 Å². The molecule has 3 aromatic carbocycles. The first-order valence-corrected chi connectivity index (χ1v) is 16.1. The molecule has 0 aliphatic carbocycles. The van der Waals surface area contributed by atoms with E-state index in [2.05, 4.69) is 80.9 Å². The predicted octanol–water partition coefficient (Wildman–Crippen LogP) is 8.74. The molecule has 7 heteroatoms. The highest BCUT2D eigenvalue weighted by molar-refractivity contribution is 8.18. The Morgan fingerprint density at radius 3 is 2.57 bits per heavy atom. The van der Waals surface area contributed by atoms with Gasteiger partial charge in [0.2, 0.25) is 0 Å². The van der Waals surface area contributed by atoms with Gasteiger partial charge in [0.15, 0.2) is 5.17 Å². The van der Waals surface area contributed by atoms with E-state index in [1.54, 1.807) is 7.11 Å². The van der Waals surface area contributed by atoms with Gasteiger partial charge in [0, 0.05) is 41.4 Å². The number of hydrogen-bond acceptors (Lipinski definition) is 5. The third kappa shape index (κ3) is 5.69. The van der Waals surface area contributed by atoms with Gasteiger partial charge in [0.1, 0.15) is 5.75 Å². The summed E-state index contributed by atoms with van der Waals surface area (Å²) >= 11 is 1.45. The highest BCUT2D eigenvalue weighted by Crippen LogP contribution is 2.42. The summed E-state index contributed by atoms with van der Waals surface area (Å²) in [7, 11) is 1.65. The third-order valence-electron chi connectivity index (χ3n) is 8.56. The second kappa shape index (κ2) is 12.0. The zero-order valence-electron chi connectivity index (χ0n) is 26.4. The lowest BCUT2D eigenvalue weighted by atomic mass is 9.86. The van der Waals surface area contributed by atoms with Crippen LogP contribution >= 0.6 is 11.8 Å². The number of methoxy groups -OCH3 is 1. The van der Waals surface area contributed by atoms with Crippen molar-refractivity contribution in [1.29, 1.82) is 0 Å². The van der Waals surface area contributed by atoms with Crippen molar-refractivity contribution in [2.24, 2.45) is 4.99 Å². The lowest BCUT2D eigenvalue weighted by Gasteiger charge is -2.43. The number of carbonyl (C=O) groups excluding carboxylic acids is 1. The van der Waals surface area contributed by atoms with Crippen LogP contribution < -0.4 is 9.64 Å².